The summed E-state index contributed by atoms with van der Waals surface area (Å²) in [7, 11) is 0. The minimum Gasteiger partial charge on any atom is -0.480 e. The van der Waals surface area contributed by atoms with Crippen molar-refractivity contribution in [1.82, 2.24) is 26.6 Å². The van der Waals surface area contributed by atoms with Gasteiger partial charge in [0.2, 0.25) is 5.91 Å². The lowest BCUT2D eigenvalue weighted by molar-refractivity contribution is -0.157. The van der Waals surface area contributed by atoms with E-state index in [9.17, 15) is 33.9 Å². The molecule has 4 rings (SSSR count). The van der Waals surface area contributed by atoms with Crippen molar-refractivity contribution in [3.05, 3.63) is 82.9 Å². The molecule has 0 bridgehead atoms. The number of ether oxygens (including phenoxy) is 2. The van der Waals surface area contributed by atoms with Gasteiger partial charge in [-0.3, -0.25) is 14.4 Å². The fraction of sp³-hybridized carbons (Fsp3) is 0.488. The lowest BCUT2D eigenvalue weighted by atomic mass is 9.97. The molecule has 3 aromatic rings. The van der Waals surface area contributed by atoms with Gasteiger partial charge in [0, 0.05) is 31.5 Å². The van der Waals surface area contributed by atoms with Gasteiger partial charge in [0.05, 0.1) is 0 Å². The Bertz CT molecular complexity index is 1920. The number of nitrogens with one attached hydrogen (secondary N) is 5. The highest BCUT2D eigenvalue weighted by atomic mass is 16.6. The highest BCUT2D eigenvalue weighted by Crippen LogP contribution is 2.19. The van der Waals surface area contributed by atoms with E-state index < -0.39 is 53.3 Å². The van der Waals surface area contributed by atoms with E-state index in [0.29, 0.717) is 18.4 Å². The van der Waals surface area contributed by atoms with Crippen LogP contribution in [0.5, 0.6) is 0 Å². The van der Waals surface area contributed by atoms with Crippen molar-refractivity contribution in [3.63, 3.8) is 0 Å². The monoisotopic (exact) mass is 787 g/mol. The Morgan fingerprint density at radius 3 is 2.16 bits per heavy atom. The van der Waals surface area contributed by atoms with Crippen LogP contribution in [0.4, 0.5) is 4.79 Å². The summed E-state index contributed by atoms with van der Waals surface area (Å²) in [6, 6.07) is 15.1. The van der Waals surface area contributed by atoms with E-state index in [1.165, 1.54) is 0 Å². The van der Waals surface area contributed by atoms with Gasteiger partial charge in [0.15, 0.2) is 0 Å². The molecule has 3 aromatic carbocycles. The largest absolute Gasteiger partial charge is 0.480 e. The number of urea groups is 1. The second-order valence-corrected chi connectivity index (χ2v) is 16.3. The van der Waals surface area contributed by atoms with Crippen LogP contribution in [0, 0.1) is 0 Å². The van der Waals surface area contributed by atoms with Crippen molar-refractivity contribution in [2.24, 2.45) is 0 Å². The van der Waals surface area contributed by atoms with Gasteiger partial charge in [0.1, 0.15) is 29.3 Å². The molecule has 57 heavy (non-hydrogen) atoms. The van der Waals surface area contributed by atoms with Gasteiger partial charge in [-0.05, 0) is 120 Å². The molecular weight excluding hydrogens is 730 g/mol. The number of rotatable bonds is 17. The summed E-state index contributed by atoms with van der Waals surface area (Å²) in [5.41, 5.74) is 2.00. The number of aliphatic carboxylic acids is 1. The van der Waals surface area contributed by atoms with Crippen molar-refractivity contribution >= 4 is 46.5 Å². The van der Waals surface area contributed by atoms with Crippen molar-refractivity contribution in [2.45, 2.75) is 122 Å². The minimum atomic E-state index is -1.42. The van der Waals surface area contributed by atoms with Crippen LogP contribution >= 0.6 is 0 Å². The van der Waals surface area contributed by atoms with Gasteiger partial charge >= 0.3 is 23.9 Å². The van der Waals surface area contributed by atoms with Gasteiger partial charge in [0.25, 0.3) is 5.91 Å². The van der Waals surface area contributed by atoms with Crippen LogP contribution in [0.25, 0.3) is 10.8 Å². The molecule has 0 unspecified atom stereocenters. The summed E-state index contributed by atoms with van der Waals surface area (Å²) in [4.78, 5) is 77.3. The lowest BCUT2D eigenvalue weighted by Crippen LogP contribution is -2.52. The topological polar surface area (TPSA) is 201 Å². The summed E-state index contributed by atoms with van der Waals surface area (Å²) in [5.74, 6) is -3.39. The average Bonchev–Trinajstić information content (AvgIpc) is 3.13. The number of benzene rings is 3. The molecule has 308 valence electrons. The third-order valence-electron chi connectivity index (χ3n) is 9.11. The third-order valence-corrected chi connectivity index (χ3v) is 9.11. The molecule has 1 aliphatic rings. The first-order chi connectivity index (χ1) is 26.9. The minimum absolute atomic E-state index is 0.124. The van der Waals surface area contributed by atoms with E-state index in [1.54, 1.807) is 47.6 Å². The molecule has 14 nitrogen and oxygen atoms in total. The van der Waals surface area contributed by atoms with Crippen LogP contribution in [-0.2, 0) is 48.0 Å². The molecule has 0 saturated carbocycles. The van der Waals surface area contributed by atoms with Gasteiger partial charge < -0.3 is 41.2 Å². The number of carboxylic acids is 1. The third kappa shape index (κ3) is 14.8. The predicted molar refractivity (Wildman–Crippen MR) is 215 cm³/mol. The first-order valence-corrected chi connectivity index (χ1v) is 19.5. The van der Waals surface area contributed by atoms with Crippen LogP contribution in [0.15, 0.2) is 60.7 Å². The van der Waals surface area contributed by atoms with Crippen LogP contribution in [0.3, 0.4) is 0 Å². The number of hydrogen-bond acceptors (Lipinski definition) is 9. The zero-order valence-corrected chi connectivity index (χ0v) is 33.8. The van der Waals surface area contributed by atoms with E-state index in [-0.39, 0.29) is 44.0 Å². The molecule has 1 aliphatic heterocycles. The summed E-state index contributed by atoms with van der Waals surface area (Å²) in [6.45, 7) is 11.9. The Morgan fingerprint density at radius 2 is 1.46 bits per heavy atom. The van der Waals surface area contributed by atoms with E-state index in [0.717, 1.165) is 47.0 Å². The Labute approximate surface area is 334 Å². The molecule has 0 aromatic heterocycles. The number of carboxylic acid groups (broad SMARTS) is 1. The molecule has 1 heterocycles. The van der Waals surface area contributed by atoms with Gasteiger partial charge in [-0.25, -0.2) is 14.4 Å². The second-order valence-electron chi connectivity index (χ2n) is 16.3. The van der Waals surface area contributed by atoms with Crippen LogP contribution in [0.1, 0.15) is 101 Å². The SMILES string of the molecule is CC(C)(C)OC(=O)CC[C@H](NC(=O)N[C@@H](CCCCNC(=O)[C@H](Cc1ccc2ccccc2c1)NC(=O)c1ccc2c(c1)CCNC2)C(=O)OC(C)(C)C)C(=O)O. The zero-order chi connectivity index (χ0) is 41.8. The first-order valence-electron chi connectivity index (χ1n) is 19.5. The van der Waals surface area contributed by atoms with Crippen molar-refractivity contribution < 1.29 is 43.3 Å². The van der Waals surface area contributed by atoms with Crippen molar-refractivity contribution in [2.75, 3.05) is 13.1 Å². The fourth-order valence-electron chi connectivity index (χ4n) is 6.37. The molecule has 4 amide bonds. The maximum absolute atomic E-state index is 13.7. The Morgan fingerprint density at radius 1 is 0.754 bits per heavy atom. The van der Waals surface area contributed by atoms with Crippen molar-refractivity contribution in [1.29, 1.82) is 0 Å². The van der Waals surface area contributed by atoms with Gasteiger partial charge in [-0.15, -0.1) is 0 Å². The smallest absolute Gasteiger partial charge is 0.329 e. The second kappa shape index (κ2) is 20.1. The summed E-state index contributed by atoms with van der Waals surface area (Å²) in [6.07, 6.45) is 1.52. The molecule has 0 fully saturated rings. The molecule has 6 N–H and O–H groups in total. The van der Waals surface area contributed by atoms with E-state index in [1.807, 2.05) is 54.6 Å². The predicted octanol–water partition coefficient (Wildman–Crippen LogP) is 4.70. The highest BCUT2D eigenvalue weighted by molar-refractivity contribution is 5.98. The standard InChI is InChI=1S/C43H57N5O9/c1-42(2,3)56-36(49)19-18-33(39(52)53)47-41(55)48-34(40(54)57-43(4,5)6)13-9-10-21-45-38(51)35(24-27-14-15-28-11-7-8-12-29(28)23-27)46-37(50)31-16-17-32-26-44-22-20-30(32)25-31/h7-8,11-12,14-17,23,25,33-35,44H,9-10,13,18-22,24,26H2,1-6H3,(H,45,51)(H,46,50)(H,52,53)(H2,47,48,55)/t33-,34-,35-/m0/s1. The molecule has 14 heteroatoms. The van der Waals surface area contributed by atoms with E-state index >= 15 is 0 Å². The molecule has 0 spiro atoms. The number of hydrogen-bond donors (Lipinski definition) is 6. The molecule has 3 atom stereocenters. The number of esters is 2. The summed E-state index contributed by atoms with van der Waals surface area (Å²) in [5, 5.41) is 25.8. The maximum atomic E-state index is 13.7. The Kier molecular flexibility index (Phi) is 15.6. The molecular formula is C43H57N5O9. The molecule has 0 saturated heterocycles. The van der Waals surface area contributed by atoms with Crippen LogP contribution in [0.2, 0.25) is 0 Å². The maximum Gasteiger partial charge on any atom is 0.329 e. The number of unbranched alkanes of at least 4 members (excludes halogenated alkanes) is 1. The summed E-state index contributed by atoms with van der Waals surface area (Å²) >= 11 is 0. The van der Waals surface area contributed by atoms with Crippen molar-refractivity contribution in [3.8, 4) is 0 Å². The molecule has 0 aliphatic carbocycles. The van der Waals surface area contributed by atoms with Gasteiger partial charge in [-0.1, -0.05) is 48.5 Å². The fourth-order valence-corrected chi connectivity index (χ4v) is 6.37. The Hall–Kier alpha value is -5.50. The number of carbonyl (C=O) groups is 6. The number of fused-ring (bicyclic) bond motifs is 2. The van der Waals surface area contributed by atoms with Crippen LogP contribution < -0.4 is 26.6 Å². The first kappa shape index (κ1) is 44.2. The zero-order valence-electron chi connectivity index (χ0n) is 33.8. The van der Waals surface area contributed by atoms with E-state index in [4.69, 9.17) is 9.47 Å². The number of amides is 4. The lowest BCUT2D eigenvalue weighted by Gasteiger charge is -2.25. The van der Waals surface area contributed by atoms with Crippen LogP contribution in [-0.4, -0.2) is 83.3 Å². The van der Waals surface area contributed by atoms with E-state index in [2.05, 4.69) is 26.6 Å². The Balaban J connectivity index is 1.37. The normalized spacial score (nSPS) is 14.3. The highest BCUT2D eigenvalue weighted by Gasteiger charge is 2.29. The average molecular weight is 788 g/mol. The number of carbonyl (C=O) groups excluding carboxylic acids is 5. The molecule has 0 radical (unpaired) electrons. The van der Waals surface area contributed by atoms with Gasteiger partial charge in [-0.2, -0.15) is 0 Å². The summed E-state index contributed by atoms with van der Waals surface area (Å²) < 4.78 is 10.8. The quantitative estimate of drug-likeness (QED) is 0.0823.